The maximum atomic E-state index is 12.1. The van der Waals surface area contributed by atoms with Gasteiger partial charge in [-0.25, -0.2) is 0 Å². The fraction of sp³-hybridized carbons (Fsp3) is 0.600. The molecule has 7 heteroatoms. The molecule has 1 amide bonds. The Morgan fingerprint density at radius 1 is 1.53 bits per heavy atom. The molecule has 1 saturated heterocycles. The Morgan fingerprint density at radius 3 is 2.94 bits per heavy atom. The van der Waals surface area contributed by atoms with Gasteiger partial charge in [0.25, 0.3) is 0 Å². The maximum Gasteiger partial charge on any atom is 0.408 e. The number of nitrogens with one attached hydrogen (secondary N) is 1. The normalized spacial score (nSPS) is 21.4. The average molecular weight is 247 g/mol. The van der Waals surface area contributed by atoms with E-state index in [-0.39, 0.29) is 11.8 Å². The topological polar surface area (TPSA) is 46.9 Å². The van der Waals surface area contributed by atoms with E-state index in [4.69, 9.17) is 0 Å². The van der Waals surface area contributed by atoms with Gasteiger partial charge in [-0.3, -0.25) is 9.48 Å². The predicted molar refractivity (Wildman–Crippen MR) is 53.3 cm³/mol. The third kappa shape index (κ3) is 2.98. The molecule has 2 heterocycles. The smallest absolute Gasteiger partial charge is 0.356 e. The number of hydrogen-bond donors (Lipinski definition) is 1. The van der Waals surface area contributed by atoms with Gasteiger partial charge in [0.2, 0.25) is 5.91 Å². The highest BCUT2D eigenvalue weighted by molar-refractivity contribution is 5.84. The number of alkyl halides is 3. The van der Waals surface area contributed by atoms with E-state index in [2.05, 4.69) is 10.4 Å². The molecule has 1 unspecified atom stereocenters. The van der Waals surface area contributed by atoms with Crippen molar-refractivity contribution >= 4 is 5.91 Å². The van der Waals surface area contributed by atoms with Crippen LogP contribution in [0.25, 0.3) is 0 Å². The van der Waals surface area contributed by atoms with Crippen molar-refractivity contribution in [3.05, 3.63) is 18.0 Å². The molecule has 1 N–H and O–H groups in total. The zero-order valence-electron chi connectivity index (χ0n) is 9.00. The number of rotatable bonds is 2. The quantitative estimate of drug-likeness (QED) is 0.859. The Labute approximate surface area is 95.8 Å². The molecule has 17 heavy (non-hydrogen) atoms. The van der Waals surface area contributed by atoms with Gasteiger partial charge >= 0.3 is 6.18 Å². The lowest BCUT2D eigenvalue weighted by Gasteiger charge is -2.20. The van der Waals surface area contributed by atoms with E-state index in [9.17, 15) is 18.0 Å². The van der Waals surface area contributed by atoms with Crippen LogP contribution in [0.1, 0.15) is 24.3 Å². The number of halogens is 3. The fourth-order valence-electron chi connectivity index (χ4n) is 1.92. The van der Waals surface area contributed by atoms with Crippen molar-refractivity contribution in [3.63, 3.8) is 0 Å². The molecule has 0 radical (unpaired) electrons. The van der Waals surface area contributed by atoms with Crippen LogP contribution in [0, 0.1) is 0 Å². The summed E-state index contributed by atoms with van der Waals surface area (Å²) in [4.78, 5) is 11.5. The largest absolute Gasteiger partial charge is 0.408 e. The highest BCUT2D eigenvalue weighted by atomic mass is 19.4. The van der Waals surface area contributed by atoms with Crippen molar-refractivity contribution in [1.29, 1.82) is 0 Å². The van der Waals surface area contributed by atoms with Crippen molar-refractivity contribution in [2.45, 2.75) is 31.5 Å². The third-order valence-corrected chi connectivity index (χ3v) is 2.68. The lowest BCUT2D eigenvalue weighted by atomic mass is 9.93. The summed E-state index contributed by atoms with van der Waals surface area (Å²) in [6, 6.07) is 0. The van der Waals surface area contributed by atoms with Crippen LogP contribution < -0.4 is 5.32 Å². The summed E-state index contributed by atoms with van der Waals surface area (Å²) in [6.45, 7) is -0.493. The highest BCUT2D eigenvalue weighted by Gasteiger charge is 2.30. The second kappa shape index (κ2) is 4.38. The van der Waals surface area contributed by atoms with Gasteiger partial charge in [0.1, 0.15) is 6.54 Å². The Bertz CT molecular complexity index is 413. The first-order valence-electron chi connectivity index (χ1n) is 5.32. The first-order valence-corrected chi connectivity index (χ1v) is 5.32. The molecule has 2 rings (SSSR count). The molecule has 94 valence electrons. The Balaban J connectivity index is 2.09. The van der Waals surface area contributed by atoms with Crippen LogP contribution in [0.4, 0.5) is 13.2 Å². The SMILES string of the molecule is O=C1NCCCC1c1cnn(CC(F)(F)F)c1. The lowest BCUT2D eigenvalue weighted by Crippen LogP contribution is -2.34. The van der Waals surface area contributed by atoms with E-state index < -0.39 is 12.7 Å². The molecule has 4 nitrogen and oxygen atoms in total. The van der Waals surface area contributed by atoms with E-state index in [1.807, 2.05) is 0 Å². The van der Waals surface area contributed by atoms with Crippen LogP contribution in [0.5, 0.6) is 0 Å². The molecule has 1 aromatic rings. The lowest BCUT2D eigenvalue weighted by molar-refractivity contribution is -0.142. The summed E-state index contributed by atoms with van der Waals surface area (Å²) in [6.07, 6.45) is -0.174. The summed E-state index contributed by atoms with van der Waals surface area (Å²) in [5.41, 5.74) is 0.548. The van der Waals surface area contributed by atoms with Gasteiger partial charge in [-0.15, -0.1) is 0 Å². The maximum absolute atomic E-state index is 12.1. The van der Waals surface area contributed by atoms with Crippen molar-refractivity contribution < 1.29 is 18.0 Å². The monoisotopic (exact) mass is 247 g/mol. The molecular formula is C10H12F3N3O. The van der Waals surface area contributed by atoms with Gasteiger partial charge in [-0.2, -0.15) is 18.3 Å². The molecular weight excluding hydrogens is 235 g/mol. The second-order valence-corrected chi connectivity index (χ2v) is 4.07. The third-order valence-electron chi connectivity index (χ3n) is 2.68. The van der Waals surface area contributed by atoms with Crippen LogP contribution in [-0.4, -0.2) is 28.4 Å². The van der Waals surface area contributed by atoms with Gasteiger partial charge in [0.05, 0.1) is 12.1 Å². The summed E-state index contributed by atoms with van der Waals surface area (Å²) >= 11 is 0. The number of nitrogens with zero attached hydrogens (tertiary/aromatic N) is 2. The number of hydrogen-bond acceptors (Lipinski definition) is 2. The van der Waals surface area contributed by atoms with Crippen molar-refractivity contribution in [2.75, 3.05) is 6.54 Å². The number of piperidine rings is 1. The summed E-state index contributed by atoms with van der Waals surface area (Å²) in [7, 11) is 0. The first kappa shape index (κ1) is 11.9. The van der Waals surface area contributed by atoms with Crippen molar-refractivity contribution in [3.8, 4) is 0 Å². The van der Waals surface area contributed by atoms with Crippen LogP contribution >= 0.6 is 0 Å². The molecule has 0 aliphatic carbocycles. The van der Waals surface area contributed by atoms with E-state index in [0.29, 0.717) is 18.5 Å². The van der Waals surface area contributed by atoms with E-state index in [1.165, 1.54) is 12.4 Å². The second-order valence-electron chi connectivity index (χ2n) is 4.07. The number of amides is 1. The zero-order valence-corrected chi connectivity index (χ0v) is 9.00. The Morgan fingerprint density at radius 2 is 2.29 bits per heavy atom. The van der Waals surface area contributed by atoms with Crippen LogP contribution in [0.2, 0.25) is 0 Å². The minimum atomic E-state index is -4.29. The predicted octanol–water partition coefficient (Wildman–Crippen LogP) is 1.44. The molecule has 1 aliphatic rings. The number of aromatic nitrogens is 2. The summed E-state index contributed by atoms with van der Waals surface area (Å²) in [5, 5.41) is 6.32. The fourth-order valence-corrected chi connectivity index (χ4v) is 1.92. The van der Waals surface area contributed by atoms with Gasteiger partial charge in [0, 0.05) is 18.3 Å². The van der Waals surface area contributed by atoms with Crippen molar-refractivity contribution in [1.82, 2.24) is 15.1 Å². The van der Waals surface area contributed by atoms with Crippen LogP contribution in [0.3, 0.4) is 0 Å². The molecule has 1 atom stereocenters. The minimum absolute atomic E-state index is 0.136. The van der Waals surface area contributed by atoms with E-state index in [1.54, 1.807) is 0 Å². The number of carbonyl (C=O) groups excluding carboxylic acids is 1. The van der Waals surface area contributed by atoms with Crippen LogP contribution in [0.15, 0.2) is 12.4 Å². The molecule has 1 aliphatic heterocycles. The molecule has 0 aromatic carbocycles. The summed E-state index contributed by atoms with van der Waals surface area (Å²) in [5.74, 6) is -0.506. The Kier molecular flexibility index (Phi) is 3.08. The van der Waals surface area contributed by atoms with Gasteiger partial charge in [-0.05, 0) is 12.8 Å². The highest BCUT2D eigenvalue weighted by Crippen LogP contribution is 2.24. The van der Waals surface area contributed by atoms with Crippen LogP contribution in [-0.2, 0) is 11.3 Å². The van der Waals surface area contributed by atoms with Gasteiger partial charge in [-0.1, -0.05) is 0 Å². The molecule has 1 fully saturated rings. The Hall–Kier alpha value is -1.53. The molecule has 1 aromatic heterocycles. The minimum Gasteiger partial charge on any atom is -0.356 e. The van der Waals surface area contributed by atoms with E-state index in [0.717, 1.165) is 11.1 Å². The van der Waals surface area contributed by atoms with Crippen molar-refractivity contribution in [2.24, 2.45) is 0 Å². The van der Waals surface area contributed by atoms with E-state index >= 15 is 0 Å². The van der Waals surface area contributed by atoms with Gasteiger partial charge < -0.3 is 5.32 Å². The molecule has 0 saturated carbocycles. The number of carbonyl (C=O) groups is 1. The summed E-state index contributed by atoms with van der Waals surface area (Å²) < 4.78 is 37.2. The standard InChI is InChI=1S/C10H12F3N3O/c11-10(12,13)6-16-5-7(4-15-16)8-2-1-3-14-9(8)17/h4-5,8H,1-3,6H2,(H,14,17). The first-order chi connectivity index (χ1) is 7.96. The average Bonchev–Trinajstić information content (AvgIpc) is 2.64. The molecule has 0 bridgehead atoms. The molecule has 0 spiro atoms. The van der Waals surface area contributed by atoms with Gasteiger partial charge in [0.15, 0.2) is 0 Å². The zero-order chi connectivity index (χ0) is 12.5.